The fourth-order valence-electron chi connectivity index (χ4n) is 6.68. The maximum atomic E-state index is 2.55. The fourth-order valence-corrected chi connectivity index (χ4v) is 6.68. The van der Waals surface area contributed by atoms with Crippen LogP contribution in [0, 0.1) is 52.8 Å². The summed E-state index contributed by atoms with van der Waals surface area (Å²) in [5.41, 5.74) is 0.937. The molecule has 5 aliphatic rings. The average molecular weight is 188 g/mol. The Morgan fingerprint density at radius 2 is 1.50 bits per heavy atom. The van der Waals surface area contributed by atoms with Crippen LogP contribution in [0.25, 0.3) is 0 Å². The molecule has 0 radical (unpaired) electrons. The molecule has 0 heteroatoms. The summed E-state index contributed by atoms with van der Waals surface area (Å²) in [4.78, 5) is 0. The molecule has 0 saturated heterocycles. The van der Waals surface area contributed by atoms with Crippen molar-refractivity contribution in [2.24, 2.45) is 52.8 Å². The third-order valence-electron chi connectivity index (χ3n) is 7.54. The van der Waals surface area contributed by atoms with Crippen LogP contribution < -0.4 is 0 Å². The first-order chi connectivity index (χ1) is 6.77. The van der Waals surface area contributed by atoms with Gasteiger partial charge in [-0.25, -0.2) is 0 Å². The van der Waals surface area contributed by atoms with Crippen LogP contribution >= 0.6 is 0 Å². The van der Waals surface area contributed by atoms with Crippen LogP contribution in [0.1, 0.15) is 33.1 Å². The predicted molar refractivity (Wildman–Crippen MR) is 55.6 cm³/mol. The number of rotatable bonds is 0. The molecule has 0 heterocycles. The van der Waals surface area contributed by atoms with Gasteiger partial charge in [0.15, 0.2) is 0 Å². The van der Waals surface area contributed by atoms with Crippen molar-refractivity contribution in [3.05, 3.63) is 0 Å². The molecule has 0 amide bonds. The highest BCUT2D eigenvalue weighted by atomic mass is 14.9. The highest BCUT2D eigenvalue weighted by Crippen LogP contribution is 2.93. The lowest BCUT2D eigenvalue weighted by molar-refractivity contribution is -0.174. The summed E-state index contributed by atoms with van der Waals surface area (Å²) >= 11 is 0. The van der Waals surface area contributed by atoms with E-state index in [0.717, 1.165) is 17.3 Å². The largest absolute Gasteiger partial charge is 0.0622 e. The van der Waals surface area contributed by atoms with E-state index in [0.29, 0.717) is 0 Å². The highest BCUT2D eigenvalue weighted by Gasteiger charge is 2.88. The molecule has 0 N–H and O–H groups in total. The third-order valence-corrected chi connectivity index (χ3v) is 7.54. The van der Waals surface area contributed by atoms with Crippen molar-refractivity contribution in [2.45, 2.75) is 33.1 Å². The summed E-state index contributed by atoms with van der Waals surface area (Å²) in [7, 11) is 0. The zero-order valence-electron chi connectivity index (χ0n) is 9.24. The van der Waals surface area contributed by atoms with Gasteiger partial charge in [0, 0.05) is 0 Å². The van der Waals surface area contributed by atoms with Gasteiger partial charge in [0.1, 0.15) is 0 Å². The van der Waals surface area contributed by atoms with Crippen LogP contribution in [-0.4, -0.2) is 0 Å². The van der Waals surface area contributed by atoms with E-state index >= 15 is 0 Å². The van der Waals surface area contributed by atoms with Gasteiger partial charge in [0.2, 0.25) is 0 Å². The Morgan fingerprint density at radius 3 is 1.86 bits per heavy atom. The van der Waals surface area contributed by atoms with Crippen molar-refractivity contribution in [1.29, 1.82) is 0 Å². The van der Waals surface area contributed by atoms with E-state index in [-0.39, 0.29) is 0 Å². The quantitative estimate of drug-likeness (QED) is 0.547. The van der Waals surface area contributed by atoms with Crippen molar-refractivity contribution in [2.75, 3.05) is 0 Å². The first-order valence-corrected chi connectivity index (χ1v) is 6.77. The molecule has 5 fully saturated rings. The van der Waals surface area contributed by atoms with Gasteiger partial charge in [0.25, 0.3) is 0 Å². The standard InChI is InChI=1S/C14H20/c1-6-5-14(7(6)2)12-10-8-3-4-9(8)11(10)13(12)14/h6-13H,3-5H2,1-2H3. The molecule has 8 atom stereocenters. The summed E-state index contributed by atoms with van der Waals surface area (Å²) in [6.45, 7) is 5.03. The van der Waals surface area contributed by atoms with Crippen molar-refractivity contribution in [3.63, 3.8) is 0 Å². The monoisotopic (exact) mass is 188 g/mol. The van der Waals surface area contributed by atoms with Crippen LogP contribution in [0.2, 0.25) is 0 Å². The minimum atomic E-state index is 0.937. The molecule has 1 spiro atoms. The Morgan fingerprint density at radius 1 is 0.929 bits per heavy atom. The van der Waals surface area contributed by atoms with Gasteiger partial charge >= 0.3 is 0 Å². The smallest absolute Gasteiger partial charge is 0.0198 e. The first kappa shape index (κ1) is 7.30. The number of fused-ring (bicyclic) bond motifs is 9. The molecule has 0 aromatic heterocycles. The molecule has 5 aliphatic carbocycles. The second-order valence-electron chi connectivity index (χ2n) is 7.19. The lowest BCUT2D eigenvalue weighted by Crippen LogP contribution is -2.60. The maximum Gasteiger partial charge on any atom is -0.0198 e. The van der Waals surface area contributed by atoms with Crippen LogP contribution in [0.5, 0.6) is 0 Å². The van der Waals surface area contributed by atoms with E-state index in [2.05, 4.69) is 13.8 Å². The number of hydrogen-bond donors (Lipinski definition) is 0. The first-order valence-electron chi connectivity index (χ1n) is 6.77. The normalized spacial score (nSPS) is 81.0. The average Bonchev–Trinajstić information content (AvgIpc) is 2.74. The molecule has 0 nitrogen and oxygen atoms in total. The predicted octanol–water partition coefficient (Wildman–Crippen LogP) is 3.18. The minimum absolute atomic E-state index is 0.937. The molecule has 5 saturated carbocycles. The van der Waals surface area contributed by atoms with Gasteiger partial charge in [-0.3, -0.25) is 0 Å². The van der Waals surface area contributed by atoms with Crippen LogP contribution in [0.4, 0.5) is 0 Å². The van der Waals surface area contributed by atoms with E-state index in [1.165, 1.54) is 35.5 Å². The Labute approximate surface area is 86.5 Å². The third kappa shape index (κ3) is 0.432. The summed E-state index contributed by atoms with van der Waals surface area (Å²) in [5.74, 6) is 9.63. The second kappa shape index (κ2) is 1.72. The summed E-state index contributed by atoms with van der Waals surface area (Å²) in [6.07, 6.45) is 4.82. The molecule has 5 rings (SSSR count). The SMILES string of the molecule is CC1CC2(C1C)C1C3C4CCC4C3C12. The van der Waals surface area contributed by atoms with E-state index in [1.807, 2.05) is 0 Å². The van der Waals surface area contributed by atoms with Crippen molar-refractivity contribution < 1.29 is 0 Å². The lowest BCUT2D eigenvalue weighted by atomic mass is 9.39. The summed E-state index contributed by atoms with van der Waals surface area (Å²) < 4.78 is 0. The van der Waals surface area contributed by atoms with Gasteiger partial charge in [-0.1, -0.05) is 13.8 Å². The van der Waals surface area contributed by atoms with E-state index in [9.17, 15) is 0 Å². The minimum Gasteiger partial charge on any atom is -0.0622 e. The second-order valence-corrected chi connectivity index (χ2v) is 7.19. The lowest BCUT2D eigenvalue weighted by Gasteiger charge is -2.65. The topological polar surface area (TPSA) is 0 Å². The molecular formula is C14H20. The Hall–Kier alpha value is 0. The van der Waals surface area contributed by atoms with Crippen LogP contribution in [-0.2, 0) is 0 Å². The van der Waals surface area contributed by atoms with E-state index in [4.69, 9.17) is 0 Å². The molecule has 8 unspecified atom stereocenters. The molecule has 0 aromatic carbocycles. The molecule has 0 aliphatic heterocycles. The fraction of sp³-hybridized carbons (Fsp3) is 1.00. The van der Waals surface area contributed by atoms with Gasteiger partial charge < -0.3 is 0 Å². The van der Waals surface area contributed by atoms with E-state index < -0.39 is 0 Å². The molecular weight excluding hydrogens is 168 g/mol. The summed E-state index contributed by atoms with van der Waals surface area (Å²) in [5, 5.41) is 0. The van der Waals surface area contributed by atoms with Crippen LogP contribution in [0.3, 0.4) is 0 Å². The Bertz CT molecular complexity index is 309. The zero-order chi connectivity index (χ0) is 9.24. The van der Waals surface area contributed by atoms with Gasteiger partial charge in [-0.2, -0.15) is 0 Å². The molecule has 0 aromatic rings. The van der Waals surface area contributed by atoms with Gasteiger partial charge in [-0.15, -0.1) is 0 Å². The molecule has 76 valence electrons. The Kier molecular flexibility index (Phi) is 0.897. The molecule has 0 bridgehead atoms. The summed E-state index contributed by atoms with van der Waals surface area (Å²) in [6, 6.07) is 0. The molecule has 14 heavy (non-hydrogen) atoms. The van der Waals surface area contributed by atoms with Gasteiger partial charge in [-0.05, 0) is 72.0 Å². The maximum absolute atomic E-state index is 2.55. The van der Waals surface area contributed by atoms with Crippen molar-refractivity contribution >= 4 is 0 Å². The highest BCUT2D eigenvalue weighted by molar-refractivity contribution is 5.35. The van der Waals surface area contributed by atoms with Gasteiger partial charge in [0.05, 0.1) is 0 Å². The zero-order valence-corrected chi connectivity index (χ0v) is 9.24. The van der Waals surface area contributed by atoms with Crippen LogP contribution in [0.15, 0.2) is 0 Å². The number of hydrogen-bond acceptors (Lipinski definition) is 0. The van der Waals surface area contributed by atoms with Crippen molar-refractivity contribution in [1.82, 2.24) is 0 Å². The van der Waals surface area contributed by atoms with Crippen molar-refractivity contribution in [3.8, 4) is 0 Å². The van der Waals surface area contributed by atoms with E-state index in [1.54, 1.807) is 19.3 Å². The Balaban J connectivity index is 1.49.